The first-order valence-electron chi connectivity index (χ1n) is 6.53. The molecule has 0 aromatic heterocycles. The average molecular weight is 310 g/mol. The number of nitrogens with one attached hydrogen (secondary N) is 2. The van der Waals surface area contributed by atoms with Crippen LogP contribution >= 0.6 is 0 Å². The van der Waals surface area contributed by atoms with E-state index in [1.54, 1.807) is 30.3 Å². The molecule has 0 fully saturated rings. The minimum absolute atomic E-state index is 0.413. The number of aliphatic carboxylic acids is 1. The van der Waals surface area contributed by atoms with Crippen molar-refractivity contribution in [2.75, 3.05) is 6.61 Å². The lowest BCUT2D eigenvalue weighted by Crippen LogP contribution is -2.51. The van der Waals surface area contributed by atoms with Crippen molar-refractivity contribution in [3.63, 3.8) is 0 Å². The maximum atomic E-state index is 12.2. The van der Waals surface area contributed by atoms with E-state index >= 15 is 0 Å². The first kappa shape index (κ1) is 17.6. The summed E-state index contributed by atoms with van der Waals surface area (Å²) in [5, 5.41) is 31.6. The number of rotatable bonds is 7. The van der Waals surface area contributed by atoms with Gasteiger partial charge in [0, 0.05) is 0 Å². The third kappa shape index (κ3) is 4.83. The summed E-state index contributed by atoms with van der Waals surface area (Å²) in [4.78, 5) is 34.6. The largest absolute Gasteiger partial charge is 0.480 e. The molecule has 0 aliphatic rings. The van der Waals surface area contributed by atoms with E-state index in [0.717, 1.165) is 0 Å². The Labute approximate surface area is 126 Å². The third-order valence-corrected chi connectivity index (χ3v) is 2.89. The van der Waals surface area contributed by atoms with E-state index < -0.39 is 42.6 Å². The van der Waals surface area contributed by atoms with Gasteiger partial charge in [-0.1, -0.05) is 30.3 Å². The molecule has 1 rings (SSSR count). The number of aliphatic hydroxyl groups excluding tert-OH is 2. The molecule has 22 heavy (non-hydrogen) atoms. The first-order chi connectivity index (χ1) is 10.4. The summed E-state index contributed by atoms with van der Waals surface area (Å²) in [5.74, 6) is -2.99. The maximum Gasteiger partial charge on any atom is 0.328 e. The van der Waals surface area contributed by atoms with Crippen LogP contribution in [-0.4, -0.2) is 51.9 Å². The van der Waals surface area contributed by atoms with Gasteiger partial charge in [-0.3, -0.25) is 9.59 Å². The molecule has 0 saturated carbocycles. The van der Waals surface area contributed by atoms with Crippen LogP contribution in [0.5, 0.6) is 0 Å². The third-order valence-electron chi connectivity index (χ3n) is 2.89. The van der Waals surface area contributed by atoms with Crippen molar-refractivity contribution in [1.29, 1.82) is 0 Å². The molecule has 3 atom stereocenters. The van der Waals surface area contributed by atoms with Crippen molar-refractivity contribution < 1.29 is 29.7 Å². The van der Waals surface area contributed by atoms with Crippen molar-refractivity contribution in [1.82, 2.24) is 10.6 Å². The first-order valence-corrected chi connectivity index (χ1v) is 6.53. The van der Waals surface area contributed by atoms with Gasteiger partial charge in [0.25, 0.3) is 0 Å². The molecule has 5 N–H and O–H groups in total. The Hall–Kier alpha value is -2.45. The number of aliphatic hydroxyl groups is 2. The molecule has 0 radical (unpaired) electrons. The van der Waals surface area contributed by atoms with Gasteiger partial charge in [0.2, 0.25) is 11.8 Å². The van der Waals surface area contributed by atoms with E-state index in [4.69, 9.17) is 10.2 Å². The Morgan fingerprint density at radius 1 is 1.14 bits per heavy atom. The molecular formula is C14H18N2O6. The lowest BCUT2D eigenvalue weighted by molar-refractivity contribution is -0.145. The number of benzene rings is 1. The van der Waals surface area contributed by atoms with Crippen LogP contribution in [0.1, 0.15) is 18.5 Å². The maximum absolute atomic E-state index is 12.2. The fourth-order valence-corrected chi connectivity index (χ4v) is 1.78. The van der Waals surface area contributed by atoms with Gasteiger partial charge in [-0.15, -0.1) is 0 Å². The minimum Gasteiger partial charge on any atom is -0.480 e. The van der Waals surface area contributed by atoms with Crippen LogP contribution in [0.25, 0.3) is 0 Å². The Bertz CT molecular complexity index is 531. The van der Waals surface area contributed by atoms with E-state index in [9.17, 15) is 19.5 Å². The van der Waals surface area contributed by atoms with E-state index in [1.807, 2.05) is 0 Å². The topological polar surface area (TPSA) is 136 Å². The monoisotopic (exact) mass is 310 g/mol. The molecule has 1 aromatic rings. The second kappa shape index (κ2) is 8.11. The van der Waals surface area contributed by atoms with Gasteiger partial charge in [-0.2, -0.15) is 0 Å². The van der Waals surface area contributed by atoms with Crippen LogP contribution in [0, 0.1) is 0 Å². The highest BCUT2D eigenvalue weighted by Gasteiger charge is 2.30. The number of carbonyl (C=O) groups excluding carboxylic acids is 2. The lowest BCUT2D eigenvalue weighted by atomic mass is 10.0. The van der Waals surface area contributed by atoms with Crippen molar-refractivity contribution in [3.05, 3.63) is 35.9 Å². The predicted molar refractivity (Wildman–Crippen MR) is 75.7 cm³/mol. The molecule has 0 aliphatic heterocycles. The number of hydrogen-bond donors (Lipinski definition) is 5. The molecule has 120 valence electrons. The highest BCUT2D eigenvalue weighted by molar-refractivity contribution is 5.91. The van der Waals surface area contributed by atoms with Gasteiger partial charge in [0.1, 0.15) is 12.6 Å². The number of carboxylic acids is 1. The second-order valence-electron chi connectivity index (χ2n) is 4.63. The normalized spacial score (nSPS) is 14.5. The smallest absolute Gasteiger partial charge is 0.328 e. The summed E-state index contributed by atoms with van der Waals surface area (Å²) in [6.45, 7) is 0.415. The summed E-state index contributed by atoms with van der Waals surface area (Å²) in [6.07, 6.45) is -1.31. The highest BCUT2D eigenvalue weighted by atomic mass is 16.4. The highest BCUT2D eigenvalue weighted by Crippen LogP contribution is 2.13. The molecule has 0 bridgehead atoms. The zero-order valence-electron chi connectivity index (χ0n) is 11.9. The summed E-state index contributed by atoms with van der Waals surface area (Å²) in [7, 11) is 0. The van der Waals surface area contributed by atoms with Crippen LogP contribution in [-0.2, 0) is 14.4 Å². The zero-order valence-corrected chi connectivity index (χ0v) is 11.9. The predicted octanol–water partition coefficient (Wildman–Crippen LogP) is -1.21. The van der Waals surface area contributed by atoms with Crippen LogP contribution < -0.4 is 10.6 Å². The van der Waals surface area contributed by atoms with E-state index in [1.165, 1.54) is 6.92 Å². The molecule has 1 unspecified atom stereocenters. The van der Waals surface area contributed by atoms with Gasteiger partial charge in [-0.25, -0.2) is 4.79 Å². The molecular weight excluding hydrogens is 292 g/mol. The quantitative estimate of drug-likeness (QED) is 0.428. The van der Waals surface area contributed by atoms with Gasteiger partial charge in [0.15, 0.2) is 6.04 Å². The summed E-state index contributed by atoms with van der Waals surface area (Å²) in [5.41, 5.74) is 0.413. The van der Waals surface area contributed by atoms with Crippen molar-refractivity contribution in [3.8, 4) is 0 Å². The van der Waals surface area contributed by atoms with Crippen molar-refractivity contribution in [2.24, 2.45) is 0 Å². The molecule has 1 aromatic carbocycles. The Balaban J connectivity index is 2.98. The van der Waals surface area contributed by atoms with E-state index in [0.29, 0.717) is 5.56 Å². The van der Waals surface area contributed by atoms with E-state index in [2.05, 4.69) is 10.6 Å². The molecule has 0 spiro atoms. The summed E-state index contributed by atoms with van der Waals surface area (Å²) >= 11 is 0. The summed E-state index contributed by atoms with van der Waals surface area (Å²) < 4.78 is 0. The molecule has 0 heterocycles. The van der Waals surface area contributed by atoms with Gasteiger partial charge < -0.3 is 26.0 Å². The summed E-state index contributed by atoms with van der Waals surface area (Å²) in [6, 6.07) is 5.45. The Morgan fingerprint density at radius 3 is 2.18 bits per heavy atom. The zero-order chi connectivity index (χ0) is 16.7. The Kier molecular flexibility index (Phi) is 6.48. The van der Waals surface area contributed by atoms with Crippen molar-refractivity contribution in [2.45, 2.75) is 25.1 Å². The standard InChI is InChI=1S/C14H18N2O6/c1-8(18)11(14(21)22)16-13(20)12(15-10(19)7-17)9-5-3-2-4-6-9/h2-6,8,11-12,17-18H,7H2,1H3,(H,15,19)(H,16,20)(H,21,22)/t8-,11-,12?/m1/s1. The fraction of sp³-hybridized carbons (Fsp3) is 0.357. The van der Waals surface area contributed by atoms with Gasteiger partial charge in [0.05, 0.1) is 6.10 Å². The van der Waals surface area contributed by atoms with E-state index in [-0.39, 0.29) is 0 Å². The lowest BCUT2D eigenvalue weighted by Gasteiger charge is -2.22. The van der Waals surface area contributed by atoms with Crippen molar-refractivity contribution >= 4 is 17.8 Å². The number of carboxylic acid groups (broad SMARTS) is 1. The number of carbonyl (C=O) groups is 3. The average Bonchev–Trinajstić information content (AvgIpc) is 2.49. The molecule has 8 nitrogen and oxygen atoms in total. The minimum atomic E-state index is -1.51. The van der Waals surface area contributed by atoms with Crippen LogP contribution in [0.4, 0.5) is 0 Å². The Morgan fingerprint density at radius 2 is 1.73 bits per heavy atom. The molecule has 0 aliphatic carbocycles. The fourth-order valence-electron chi connectivity index (χ4n) is 1.78. The van der Waals surface area contributed by atoms with Gasteiger partial charge >= 0.3 is 5.97 Å². The molecule has 0 saturated heterocycles. The van der Waals surface area contributed by atoms with Crippen LogP contribution in [0.2, 0.25) is 0 Å². The molecule has 8 heteroatoms. The SMILES string of the molecule is C[C@@H](O)[C@@H](NC(=O)C(NC(=O)CO)c1ccccc1)C(=O)O. The number of amides is 2. The van der Waals surface area contributed by atoms with Crippen LogP contribution in [0.3, 0.4) is 0 Å². The second-order valence-corrected chi connectivity index (χ2v) is 4.63. The van der Waals surface area contributed by atoms with Gasteiger partial charge in [-0.05, 0) is 12.5 Å². The number of hydrogen-bond acceptors (Lipinski definition) is 5. The van der Waals surface area contributed by atoms with Crippen LogP contribution in [0.15, 0.2) is 30.3 Å². The molecule has 2 amide bonds.